The van der Waals surface area contributed by atoms with E-state index in [1.807, 2.05) is 0 Å². The van der Waals surface area contributed by atoms with Crippen LogP contribution in [0.2, 0.25) is 5.15 Å². The van der Waals surface area contributed by atoms with Gasteiger partial charge in [0.05, 0.1) is 5.69 Å². The second-order valence-electron chi connectivity index (χ2n) is 3.96. The zero-order chi connectivity index (χ0) is 11.0. The van der Waals surface area contributed by atoms with E-state index in [2.05, 4.69) is 5.10 Å². The Balaban J connectivity index is 2.45. The van der Waals surface area contributed by atoms with Gasteiger partial charge in [-0.05, 0) is 12.8 Å². The van der Waals surface area contributed by atoms with Crippen molar-refractivity contribution >= 4 is 17.6 Å². The molecule has 0 unspecified atom stereocenters. The Morgan fingerprint density at radius 3 is 2.67 bits per heavy atom. The van der Waals surface area contributed by atoms with Crippen LogP contribution in [-0.2, 0) is 7.05 Å². The van der Waals surface area contributed by atoms with Gasteiger partial charge in [0, 0.05) is 13.0 Å². The zero-order valence-electron chi connectivity index (χ0n) is 8.53. The average molecular weight is 229 g/mol. The number of carboxylic acids is 1. The highest BCUT2D eigenvalue weighted by Gasteiger charge is 2.28. The third-order valence-corrected chi connectivity index (χ3v) is 3.39. The summed E-state index contributed by atoms with van der Waals surface area (Å²) in [5, 5.41) is 13.5. The highest BCUT2D eigenvalue weighted by Crippen LogP contribution is 2.36. The summed E-state index contributed by atoms with van der Waals surface area (Å²) in [7, 11) is 1.67. The zero-order valence-corrected chi connectivity index (χ0v) is 9.29. The van der Waals surface area contributed by atoms with Crippen molar-refractivity contribution in [3.8, 4) is 0 Å². The monoisotopic (exact) mass is 228 g/mol. The number of carboxylic acid groups (broad SMARTS) is 1. The summed E-state index contributed by atoms with van der Waals surface area (Å²) in [6, 6.07) is 0. The Labute approximate surface area is 92.8 Å². The molecule has 1 aliphatic carbocycles. The first kappa shape index (κ1) is 10.5. The van der Waals surface area contributed by atoms with E-state index in [9.17, 15) is 4.79 Å². The van der Waals surface area contributed by atoms with Crippen molar-refractivity contribution in [1.82, 2.24) is 9.78 Å². The smallest absolute Gasteiger partial charge is 0.340 e. The lowest BCUT2D eigenvalue weighted by Gasteiger charge is -2.05. The summed E-state index contributed by atoms with van der Waals surface area (Å²) in [5.74, 6) is -0.704. The fourth-order valence-electron chi connectivity index (χ4n) is 2.21. The minimum Gasteiger partial charge on any atom is -0.478 e. The van der Waals surface area contributed by atoms with Gasteiger partial charge in [-0.3, -0.25) is 4.68 Å². The van der Waals surface area contributed by atoms with E-state index < -0.39 is 5.97 Å². The SMILES string of the molecule is Cn1nc(C2CCCC2)c(C(=O)O)c1Cl. The highest BCUT2D eigenvalue weighted by atomic mass is 35.5. The molecule has 0 bridgehead atoms. The van der Waals surface area contributed by atoms with E-state index in [4.69, 9.17) is 16.7 Å². The summed E-state index contributed by atoms with van der Waals surface area (Å²) in [6.07, 6.45) is 4.34. The molecule has 1 N–H and O–H groups in total. The Kier molecular flexibility index (Phi) is 2.69. The van der Waals surface area contributed by atoms with Crippen molar-refractivity contribution in [3.05, 3.63) is 16.4 Å². The van der Waals surface area contributed by atoms with Crippen molar-refractivity contribution in [2.24, 2.45) is 7.05 Å². The maximum absolute atomic E-state index is 11.1. The van der Waals surface area contributed by atoms with Crippen LogP contribution in [0.15, 0.2) is 0 Å². The molecule has 1 fully saturated rings. The van der Waals surface area contributed by atoms with Gasteiger partial charge in [0.25, 0.3) is 0 Å². The Hall–Kier alpha value is -1.03. The van der Waals surface area contributed by atoms with E-state index in [-0.39, 0.29) is 16.6 Å². The number of nitrogens with zero attached hydrogens (tertiary/aromatic N) is 2. The maximum atomic E-state index is 11.1. The molecule has 2 rings (SSSR count). The predicted octanol–water partition coefficient (Wildman–Crippen LogP) is 2.43. The standard InChI is InChI=1S/C10H13ClN2O2/c1-13-9(11)7(10(14)15)8(12-13)6-4-2-3-5-6/h6H,2-5H2,1H3,(H,14,15). The van der Waals surface area contributed by atoms with E-state index in [0.717, 1.165) is 25.7 Å². The number of aromatic carboxylic acids is 1. The summed E-state index contributed by atoms with van der Waals surface area (Å²) < 4.78 is 1.44. The number of aryl methyl sites for hydroxylation is 1. The summed E-state index contributed by atoms with van der Waals surface area (Å²) in [4.78, 5) is 11.1. The Bertz CT molecular complexity index is 394. The van der Waals surface area contributed by atoms with Crippen LogP contribution in [0.1, 0.15) is 47.7 Å². The molecule has 1 aliphatic rings. The van der Waals surface area contributed by atoms with Crippen LogP contribution in [0, 0.1) is 0 Å². The number of rotatable bonds is 2. The first-order valence-corrected chi connectivity index (χ1v) is 5.44. The highest BCUT2D eigenvalue weighted by molar-refractivity contribution is 6.32. The fraction of sp³-hybridized carbons (Fsp3) is 0.600. The van der Waals surface area contributed by atoms with Crippen molar-refractivity contribution in [3.63, 3.8) is 0 Å². The van der Waals surface area contributed by atoms with Gasteiger partial charge in [0.2, 0.25) is 0 Å². The summed E-state index contributed by atoms with van der Waals surface area (Å²) in [6.45, 7) is 0. The second-order valence-corrected chi connectivity index (χ2v) is 4.32. The van der Waals surface area contributed by atoms with Crippen molar-refractivity contribution in [2.75, 3.05) is 0 Å². The molecule has 0 saturated heterocycles. The third kappa shape index (κ3) is 1.74. The largest absolute Gasteiger partial charge is 0.478 e. The lowest BCUT2D eigenvalue weighted by molar-refractivity contribution is 0.0695. The average Bonchev–Trinajstić information content (AvgIpc) is 2.75. The van der Waals surface area contributed by atoms with Crippen LogP contribution in [0.5, 0.6) is 0 Å². The third-order valence-electron chi connectivity index (χ3n) is 2.96. The van der Waals surface area contributed by atoms with Crippen LogP contribution in [-0.4, -0.2) is 20.9 Å². The molecular weight excluding hydrogens is 216 g/mol. The van der Waals surface area contributed by atoms with Gasteiger partial charge < -0.3 is 5.11 Å². The number of carbonyl (C=O) groups is 1. The number of aromatic nitrogens is 2. The quantitative estimate of drug-likeness (QED) is 0.846. The van der Waals surface area contributed by atoms with Crippen molar-refractivity contribution in [1.29, 1.82) is 0 Å². The minimum absolute atomic E-state index is 0.186. The fourth-order valence-corrected chi connectivity index (χ4v) is 2.42. The molecule has 0 aliphatic heterocycles. The molecule has 0 amide bonds. The number of halogens is 1. The molecule has 15 heavy (non-hydrogen) atoms. The van der Waals surface area contributed by atoms with Gasteiger partial charge in [-0.25, -0.2) is 4.79 Å². The van der Waals surface area contributed by atoms with Crippen LogP contribution < -0.4 is 0 Å². The normalized spacial score (nSPS) is 17.2. The number of hydrogen-bond donors (Lipinski definition) is 1. The Morgan fingerprint density at radius 1 is 1.53 bits per heavy atom. The molecule has 4 nitrogen and oxygen atoms in total. The van der Waals surface area contributed by atoms with Crippen LogP contribution in [0.4, 0.5) is 0 Å². The molecule has 1 heterocycles. The molecule has 0 atom stereocenters. The molecule has 82 valence electrons. The molecule has 1 aromatic heterocycles. The molecule has 1 saturated carbocycles. The first-order chi connectivity index (χ1) is 7.11. The molecule has 0 spiro atoms. The lowest BCUT2D eigenvalue weighted by atomic mass is 10.0. The molecular formula is C10H13ClN2O2. The van der Waals surface area contributed by atoms with Crippen LogP contribution >= 0.6 is 11.6 Å². The van der Waals surface area contributed by atoms with Gasteiger partial charge in [0.15, 0.2) is 0 Å². The minimum atomic E-state index is -0.977. The molecule has 0 aromatic carbocycles. The van der Waals surface area contributed by atoms with Gasteiger partial charge in [0.1, 0.15) is 10.7 Å². The van der Waals surface area contributed by atoms with Gasteiger partial charge >= 0.3 is 5.97 Å². The van der Waals surface area contributed by atoms with Gasteiger partial charge in [-0.1, -0.05) is 24.4 Å². The summed E-state index contributed by atoms with van der Waals surface area (Å²) >= 11 is 5.91. The molecule has 0 radical (unpaired) electrons. The second kappa shape index (κ2) is 3.85. The molecule has 5 heteroatoms. The Morgan fingerprint density at radius 2 is 2.13 bits per heavy atom. The number of hydrogen-bond acceptors (Lipinski definition) is 2. The maximum Gasteiger partial charge on any atom is 0.340 e. The van der Waals surface area contributed by atoms with E-state index >= 15 is 0 Å². The van der Waals surface area contributed by atoms with E-state index in [0.29, 0.717) is 5.69 Å². The van der Waals surface area contributed by atoms with Crippen molar-refractivity contribution in [2.45, 2.75) is 31.6 Å². The van der Waals surface area contributed by atoms with Gasteiger partial charge in [-0.15, -0.1) is 0 Å². The van der Waals surface area contributed by atoms with Gasteiger partial charge in [-0.2, -0.15) is 5.10 Å². The van der Waals surface area contributed by atoms with E-state index in [1.54, 1.807) is 7.05 Å². The van der Waals surface area contributed by atoms with E-state index in [1.165, 1.54) is 4.68 Å². The van der Waals surface area contributed by atoms with Crippen LogP contribution in [0.3, 0.4) is 0 Å². The topological polar surface area (TPSA) is 55.1 Å². The molecule has 1 aromatic rings. The van der Waals surface area contributed by atoms with Crippen molar-refractivity contribution < 1.29 is 9.90 Å². The van der Waals surface area contributed by atoms with Crippen LogP contribution in [0.25, 0.3) is 0 Å². The lowest BCUT2D eigenvalue weighted by Crippen LogP contribution is -2.04. The summed E-state index contributed by atoms with van der Waals surface area (Å²) in [5.41, 5.74) is 0.846. The first-order valence-electron chi connectivity index (χ1n) is 5.07. The predicted molar refractivity (Wildman–Crippen MR) is 56.4 cm³/mol.